The molecule has 0 radical (unpaired) electrons. The quantitative estimate of drug-likeness (QED) is 0.0545. The van der Waals surface area contributed by atoms with E-state index >= 15 is 0 Å². The predicted molar refractivity (Wildman–Crippen MR) is 373 cm³/mol. The maximum Gasteiger partial charge on any atom is 0.305 e. The molecule has 0 bridgehead atoms. The van der Waals surface area contributed by atoms with Crippen LogP contribution in [0.5, 0.6) is 0 Å². The summed E-state index contributed by atoms with van der Waals surface area (Å²) in [4.78, 5) is 68.1. The summed E-state index contributed by atoms with van der Waals surface area (Å²) in [5.74, 6) is 1.44. The molecule has 3 N–H and O–H groups in total. The van der Waals surface area contributed by atoms with Crippen molar-refractivity contribution in [2.45, 2.75) is 115 Å². The number of carbonyl (C=O) groups is 4. The summed E-state index contributed by atoms with van der Waals surface area (Å²) < 4.78 is 13.1. The maximum absolute atomic E-state index is 12.3. The number of aldehydes is 1. The molecule has 8 aromatic heterocycles. The molecule has 488 valence electrons. The molecule has 10 heterocycles. The van der Waals surface area contributed by atoms with E-state index in [1.165, 1.54) is 35.2 Å². The molecule has 4 atom stereocenters. The number of ether oxygens (including phenoxy) is 1. The number of piperidine rings is 2. The topological polar surface area (TPSA) is 191 Å². The molecule has 17 nitrogen and oxygen atoms in total. The van der Waals surface area contributed by atoms with E-state index < -0.39 is 0 Å². The minimum Gasteiger partial charge on any atom is -0.466 e. The van der Waals surface area contributed by atoms with Crippen molar-refractivity contribution in [3.8, 4) is 0 Å². The molecule has 2 amide bonds. The zero-order chi connectivity index (χ0) is 66.0. The molecule has 2 aliphatic rings. The number of fused-ring (bicyclic) bond motifs is 4. The van der Waals surface area contributed by atoms with Crippen molar-refractivity contribution in [2.75, 3.05) is 26.2 Å². The summed E-state index contributed by atoms with van der Waals surface area (Å²) in [5.41, 5.74) is 18.7. The van der Waals surface area contributed by atoms with Crippen LogP contribution in [0.1, 0.15) is 134 Å². The van der Waals surface area contributed by atoms with Gasteiger partial charge in [0.2, 0.25) is 11.8 Å². The van der Waals surface area contributed by atoms with E-state index in [2.05, 4.69) is 130 Å². The molecule has 2 fully saturated rings. The van der Waals surface area contributed by atoms with Crippen LogP contribution in [-0.2, 0) is 50.1 Å². The first-order valence-corrected chi connectivity index (χ1v) is 33.1. The third-order valence-electron chi connectivity index (χ3n) is 17.4. The van der Waals surface area contributed by atoms with Crippen LogP contribution in [0.2, 0.25) is 0 Å². The van der Waals surface area contributed by atoms with E-state index in [4.69, 9.17) is 10.5 Å². The first-order valence-electron chi connectivity index (χ1n) is 33.1. The molecule has 4 unspecified atom stereocenters. The molecular formula is C78H86N12O5. The Morgan fingerprint density at radius 2 is 0.926 bits per heavy atom. The zero-order valence-electron chi connectivity index (χ0n) is 54.4. The lowest BCUT2D eigenvalue weighted by atomic mass is 9.90. The first-order chi connectivity index (χ1) is 46.7. The third kappa shape index (κ3) is 18.7. The highest BCUT2D eigenvalue weighted by Gasteiger charge is 2.29. The van der Waals surface area contributed by atoms with Gasteiger partial charge in [-0.2, -0.15) is 0 Å². The number of esters is 1. The summed E-state index contributed by atoms with van der Waals surface area (Å²) in [6.45, 7) is 9.58. The average molecular weight is 1270 g/mol. The first kappa shape index (κ1) is 67.5. The normalized spacial score (nSPS) is 15.1. The van der Waals surface area contributed by atoms with E-state index in [0.29, 0.717) is 63.3 Å². The number of nitrogens with two attached hydrogens (primary N) is 1. The Morgan fingerprint density at radius 1 is 0.526 bits per heavy atom. The van der Waals surface area contributed by atoms with E-state index in [1.54, 1.807) is 13.1 Å². The number of amides is 2. The van der Waals surface area contributed by atoms with Gasteiger partial charge in [0, 0.05) is 94.5 Å². The average Bonchev–Trinajstić information content (AvgIpc) is 1.82. The van der Waals surface area contributed by atoms with Crippen molar-refractivity contribution < 1.29 is 23.9 Å². The number of likely N-dealkylation sites (tertiary alicyclic amines) is 2. The highest BCUT2D eigenvalue weighted by Crippen LogP contribution is 2.30. The fourth-order valence-corrected chi connectivity index (χ4v) is 12.3. The molecule has 14 rings (SSSR count). The van der Waals surface area contributed by atoms with Gasteiger partial charge in [-0.15, -0.1) is 0 Å². The number of hydrogen-bond donors (Lipinski definition) is 2. The monoisotopic (exact) mass is 1270 g/mol. The van der Waals surface area contributed by atoms with Crippen molar-refractivity contribution in [2.24, 2.45) is 5.73 Å². The molecule has 12 aromatic rings. The molecular weight excluding hydrogens is 1180 g/mol. The van der Waals surface area contributed by atoms with Crippen molar-refractivity contribution in [1.82, 2.24) is 52.7 Å². The van der Waals surface area contributed by atoms with Gasteiger partial charge in [-0.1, -0.05) is 159 Å². The molecule has 0 aliphatic carbocycles. The van der Waals surface area contributed by atoms with Gasteiger partial charge in [0.1, 0.15) is 28.9 Å². The van der Waals surface area contributed by atoms with E-state index in [9.17, 15) is 19.2 Å². The van der Waals surface area contributed by atoms with Gasteiger partial charge in [-0.05, 0) is 109 Å². The fraction of sp³-hybridized carbons (Fsp3) is 0.282. The second-order valence-corrected chi connectivity index (χ2v) is 23.8. The van der Waals surface area contributed by atoms with Crippen LogP contribution in [-0.4, -0.2) is 97.6 Å². The Balaban J connectivity index is 0.000000132. The second-order valence-electron chi connectivity index (χ2n) is 23.8. The van der Waals surface area contributed by atoms with Gasteiger partial charge in [0.15, 0.2) is 0 Å². The highest BCUT2D eigenvalue weighted by atomic mass is 16.5. The molecule has 0 saturated carbocycles. The van der Waals surface area contributed by atoms with E-state index in [1.807, 2.05) is 167 Å². The van der Waals surface area contributed by atoms with Gasteiger partial charge in [0.25, 0.3) is 0 Å². The van der Waals surface area contributed by atoms with Crippen LogP contribution in [0.25, 0.3) is 22.6 Å². The Hall–Kier alpha value is -10.4. The number of aromatic nitrogens is 8. The predicted octanol–water partition coefficient (Wildman–Crippen LogP) is 13.6. The zero-order valence-corrected chi connectivity index (χ0v) is 54.4. The number of benzene rings is 4. The van der Waals surface area contributed by atoms with Crippen LogP contribution in [0, 0.1) is 0 Å². The summed E-state index contributed by atoms with van der Waals surface area (Å²) in [6, 6.07) is 65.1. The number of nitrogens with zero attached hydrogens (tertiary/aromatic N) is 10. The van der Waals surface area contributed by atoms with Gasteiger partial charge < -0.3 is 48.0 Å². The maximum atomic E-state index is 12.3. The number of rotatable bonds is 20. The minimum atomic E-state index is -0.245. The minimum absolute atomic E-state index is 0.217. The summed E-state index contributed by atoms with van der Waals surface area (Å²) in [5, 5.41) is 3.60. The van der Waals surface area contributed by atoms with Crippen molar-refractivity contribution in [3.63, 3.8) is 0 Å². The number of imidazole rings is 4. The standard InChI is InChI=1S/2C19H19N3O.C19H23N3.C13H16O3.C8H9N3/c2*23-19-10-9-16(15-6-2-1-3-7-15)13-21(19)14-17-12-20-18-8-4-5-11-22(17)18;1-2-8-17(16-9-4-3-5-10-16)13-20-14-18-15-21-19-11-6-7-12-22(18)19;1-2-16-13(15)9-8-12(10-14)11-6-4-3-5-7-11;9-5-7-6-10-8-3-1-2-4-11(7)8/h2*1-8,11-12,16H,9-10,13-14H2;3-7,9-12,15,17,20H,2,8,13-14H2,1H3;3-7,10,12H,2,8-9H2,1H3;1-4,6H,5,9H2. The van der Waals surface area contributed by atoms with Crippen molar-refractivity contribution in [1.29, 1.82) is 0 Å². The SMILES string of the molecule is CCCC(CNCc1cnc2ccccn12)c1ccccc1.CCOC(=O)CCC(C=O)c1ccccc1.NCc1cnc2ccccn12.O=C1CCC(c2ccccc2)CN1Cc1cnc2ccccn12.O=C1CCC(c2ccccc2)CN1Cc1cnc2ccccn12. The lowest BCUT2D eigenvalue weighted by molar-refractivity contribution is -0.143. The van der Waals surface area contributed by atoms with Gasteiger partial charge >= 0.3 is 5.97 Å². The summed E-state index contributed by atoms with van der Waals surface area (Å²) in [7, 11) is 0. The highest BCUT2D eigenvalue weighted by molar-refractivity contribution is 5.78. The number of pyridine rings is 4. The molecule has 17 heteroatoms. The summed E-state index contributed by atoms with van der Waals surface area (Å²) in [6.07, 6.45) is 22.7. The fourth-order valence-electron chi connectivity index (χ4n) is 12.3. The van der Waals surface area contributed by atoms with Crippen LogP contribution in [0.15, 0.2) is 244 Å². The van der Waals surface area contributed by atoms with E-state index in [0.717, 1.165) is 90.5 Å². The lowest BCUT2D eigenvalue weighted by Crippen LogP contribution is -2.38. The Kier molecular flexibility index (Phi) is 24.9. The second kappa shape index (κ2) is 35.1. The number of hydrogen-bond acceptors (Lipinski definition) is 11. The van der Waals surface area contributed by atoms with Gasteiger partial charge in [0.05, 0.1) is 67.3 Å². The Labute approximate surface area is 556 Å². The van der Waals surface area contributed by atoms with Crippen LogP contribution >= 0.6 is 0 Å². The Morgan fingerprint density at radius 3 is 1.36 bits per heavy atom. The van der Waals surface area contributed by atoms with E-state index in [-0.39, 0.29) is 30.1 Å². The Bertz CT molecular complexity index is 4160. The van der Waals surface area contributed by atoms with Gasteiger partial charge in [-0.3, -0.25) is 14.4 Å². The molecule has 2 aliphatic heterocycles. The van der Waals surface area contributed by atoms with Crippen LogP contribution in [0.3, 0.4) is 0 Å². The van der Waals surface area contributed by atoms with Crippen molar-refractivity contribution in [3.05, 3.63) is 289 Å². The lowest BCUT2D eigenvalue weighted by Gasteiger charge is -2.32. The summed E-state index contributed by atoms with van der Waals surface area (Å²) >= 11 is 0. The number of nitrogens with one attached hydrogen (secondary N) is 1. The largest absolute Gasteiger partial charge is 0.466 e. The smallest absolute Gasteiger partial charge is 0.305 e. The van der Waals surface area contributed by atoms with Gasteiger partial charge in [-0.25, -0.2) is 19.9 Å². The molecule has 0 spiro atoms. The molecule has 95 heavy (non-hydrogen) atoms. The van der Waals surface area contributed by atoms with Crippen molar-refractivity contribution >= 4 is 46.7 Å². The van der Waals surface area contributed by atoms with Crippen LogP contribution < -0.4 is 11.1 Å². The molecule has 2 saturated heterocycles. The third-order valence-corrected chi connectivity index (χ3v) is 17.4. The van der Waals surface area contributed by atoms with Crippen LogP contribution in [0.4, 0.5) is 0 Å². The molecule has 4 aromatic carbocycles. The number of carbonyl (C=O) groups excluding carboxylic acids is 4.